The Kier molecular flexibility index (Phi) is 5.33. The van der Waals surface area contributed by atoms with Crippen LogP contribution in [0, 0.1) is 11.8 Å². The number of hydrogen-bond acceptors (Lipinski definition) is 3. The number of anilines is 2. The van der Waals surface area contributed by atoms with Crippen LogP contribution in [0.5, 0.6) is 0 Å². The Morgan fingerprint density at radius 2 is 1.76 bits per heavy atom. The molecule has 0 spiro atoms. The van der Waals surface area contributed by atoms with Crippen LogP contribution in [-0.2, 0) is 9.59 Å². The van der Waals surface area contributed by atoms with E-state index in [4.69, 9.17) is 0 Å². The maximum Gasteiger partial charge on any atom is 0.228 e. The molecule has 0 saturated carbocycles. The highest BCUT2D eigenvalue weighted by Crippen LogP contribution is 2.17. The standard InChI is InChI=1S/C16H23N3O2/c1-11(2)15(20)18-13-5-7-14(8-6-13)19-16(21)12-4-3-9-17-10-12/h5-8,11-12,17H,3-4,9-10H2,1-2H3,(H,18,20)(H,19,21). The van der Waals surface area contributed by atoms with Crippen LogP contribution in [0.4, 0.5) is 11.4 Å². The minimum absolute atomic E-state index is 0.0138. The highest BCUT2D eigenvalue weighted by atomic mass is 16.2. The molecule has 21 heavy (non-hydrogen) atoms. The molecule has 2 amide bonds. The van der Waals surface area contributed by atoms with E-state index in [-0.39, 0.29) is 23.7 Å². The summed E-state index contributed by atoms with van der Waals surface area (Å²) in [5, 5.41) is 8.98. The highest BCUT2D eigenvalue weighted by molar-refractivity contribution is 5.94. The van der Waals surface area contributed by atoms with Crippen molar-refractivity contribution in [3.8, 4) is 0 Å². The van der Waals surface area contributed by atoms with Gasteiger partial charge in [0, 0.05) is 23.8 Å². The SMILES string of the molecule is CC(C)C(=O)Nc1ccc(NC(=O)C2CCCNC2)cc1. The van der Waals surface area contributed by atoms with Crippen LogP contribution < -0.4 is 16.0 Å². The third kappa shape index (κ3) is 4.56. The minimum Gasteiger partial charge on any atom is -0.326 e. The first-order valence-corrected chi connectivity index (χ1v) is 7.49. The van der Waals surface area contributed by atoms with Crippen LogP contribution in [0.2, 0.25) is 0 Å². The van der Waals surface area contributed by atoms with Crippen molar-refractivity contribution in [2.45, 2.75) is 26.7 Å². The molecule has 0 bridgehead atoms. The van der Waals surface area contributed by atoms with Crippen molar-refractivity contribution in [2.24, 2.45) is 11.8 Å². The quantitative estimate of drug-likeness (QED) is 0.796. The van der Waals surface area contributed by atoms with Gasteiger partial charge in [-0.05, 0) is 43.7 Å². The zero-order valence-corrected chi connectivity index (χ0v) is 12.6. The van der Waals surface area contributed by atoms with Gasteiger partial charge in [-0.3, -0.25) is 9.59 Å². The van der Waals surface area contributed by atoms with Crippen LogP contribution in [0.25, 0.3) is 0 Å². The number of carbonyl (C=O) groups excluding carboxylic acids is 2. The second-order valence-corrected chi connectivity index (χ2v) is 5.75. The third-order valence-electron chi connectivity index (χ3n) is 3.61. The number of carbonyl (C=O) groups is 2. The molecule has 1 fully saturated rings. The summed E-state index contributed by atoms with van der Waals surface area (Å²) < 4.78 is 0. The van der Waals surface area contributed by atoms with E-state index in [0.29, 0.717) is 0 Å². The summed E-state index contributed by atoms with van der Waals surface area (Å²) in [6.07, 6.45) is 1.97. The van der Waals surface area contributed by atoms with Gasteiger partial charge in [-0.15, -0.1) is 0 Å². The lowest BCUT2D eigenvalue weighted by Gasteiger charge is -2.21. The lowest BCUT2D eigenvalue weighted by molar-refractivity contribution is -0.120. The minimum atomic E-state index is -0.0526. The summed E-state index contributed by atoms with van der Waals surface area (Å²) in [5.41, 5.74) is 1.50. The third-order valence-corrected chi connectivity index (χ3v) is 3.61. The van der Waals surface area contributed by atoms with Crippen molar-refractivity contribution in [1.82, 2.24) is 5.32 Å². The Morgan fingerprint density at radius 1 is 1.14 bits per heavy atom. The molecule has 5 nitrogen and oxygen atoms in total. The molecule has 3 N–H and O–H groups in total. The van der Waals surface area contributed by atoms with Gasteiger partial charge in [-0.25, -0.2) is 0 Å². The van der Waals surface area contributed by atoms with E-state index in [1.807, 2.05) is 26.0 Å². The van der Waals surface area contributed by atoms with Crippen molar-refractivity contribution < 1.29 is 9.59 Å². The molecule has 1 aromatic carbocycles. The first-order chi connectivity index (χ1) is 10.1. The van der Waals surface area contributed by atoms with Crippen LogP contribution in [0.1, 0.15) is 26.7 Å². The van der Waals surface area contributed by atoms with Crippen LogP contribution in [0.3, 0.4) is 0 Å². The van der Waals surface area contributed by atoms with Gasteiger partial charge >= 0.3 is 0 Å². The van der Waals surface area contributed by atoms with Crippen LogP contribution in [-0.4, -0.2) is 24.9 Å². The Morgan fingerprint density at radius 3 is 2.29 bits per heavy atom. The maximum atomic E-state index is 12.1. The summed E-state index contributed by atoms with van der Waals surface area (Å²) >= 11 is 0. The van der Waals surface area contributed by atoms with E-state index in [9.17, 15) is 9.59 Å². The molecule has 0 aromatic heterocycles. The fourth-order valence-corrected chi connectivity index (χ4v) is 2.24. The fraction of sp³-hybridized carbons (Fsp3) is 0.500. The lowest BCUT2D eigenvalue weighted by atomic mass is 9.99. The molecule has 0 radical (unpaired) electrons. The van der Waals surface area contributed by atoms with Gasteiger partial charge in [-0.1, -0.05) is 13.8 Å². The molecule has 1 atom stereocenters. The van der Waals surface area contributed by atoms with Crippen molar-refractivity contribution in [3.63, 3.8) is 0 Å². The van der Waals surface area contributed by atoms with Crippen molar-refractivity contribution in [3.05, 3.63) is 24.3 Å². The number of rotatable bonds is 4. The predicted molar refractivity (Wildman–Crippen MR) is 84.1 cm³/mol. The smallest absolute Gasteiger partial charge is 0.228 e. The molecule has 1 aliphatic heterocycles. The molecule has 1 saturated heterocycles. The second kappa shape index (κ2) is 7.22. The molecule has 1 heterocycles. The molecular weight excluding hydrogens is 266 g/mol. The molecule has 1 aromatic rings. The second-order valence-electron chi connectivity index (χ2n) is 5.75. The topological polar surface area (TPSA) is 70.2 Å². The number of nitrogens with one attached hydrogen (secondary N) is 3. The Hall–Kier alpha value is -1.88. The van der Waals surface area contributed by atoms with Gasteiger partial charge < -0.3 is 16.0 Å². The monoisotopic (exact) mass is 289 g/mol. The molecule has 1 aliphatic rings. The van der Waals surface area contributed by atoms with Crippen LogP contribution in [0.15, 0.2) is 24.3 Å². The summed E-state index contributed by atoms with van der Waals surface area (Å²) in [7, 11) is 0. The number of amides is 2. The van der Waals surface area contributed by atoms with E-state index in [1.165, 1.54) is 0 Å². The van der Waals surface area contributed by atoms with E-state index >= 15 is 0 Å². The molecule has 1 unspecified atom stereocenters. The molecule has 5 heteroatoms. The average molecular weight is 289 g/mol. The maximum absolute atomic E-state index is 12.1. The Balaban J connectivity index is 1.89. The van der Waals surface area contributed by atoms with Gasteiger partial charge in [0.2, 0.25) is 11.8 Å². The Bertz CT molecular complexity index is 491. The predicted octanol–water partition coefficient (Wildman–Crippen LogP) is 2.22. The summed E-state index contributed by atoms with van der Waals surface area (Å²) in [6.45, 7) is 5.44. The number of hydrogen-bond donors (Lipinski definition) is 3. The van der Waals surface area contributed by atoms with Gasteiger partial charge in [0.25, 0.3) is 0 Å². The molecule has 0 aliphatic carbocycles. The van der Waals surface area contributed by atoms with E-state index < -0.39 is 0 Å². The zero-order valence-electron chi connectivity index (χ0n) is 12.6. The van der Waals surface area contributed by atoms with Crippen molar-refractivity contribution in [2.75, 3.05) is 23.7 Å². The highest BCUT2D eigenvalue weighted by Gasteiger charge is 2.20. The van der Waals surface area contributed by atoms with Gasteiger partial charge in [0.05, 0.1) is 5.92 Å². The molecule has 114 valence electrons. The zero-order chi connectivity index (χ0) is 15.2. The average Bonchev–Trinajstić information content (AvgIpc) is 2.50. The lowest BCUT2D eigenvalue weighted by Crippen LogP contribution is -2.37. The van der Waals surface area contributed by atoms with Gasteiger partial charge in [-0.2, -0.15) is 0 Å². The number of piperidine rings is 1. The van der Waals surface area contributed by atoms with Gasteiger partial charge in [0.1, 0.15) is 0 Å². The van der Waals surface area contributed by atoms with Crippen LogP contribution >= 0.6 is 0 Å². The largest absolute Gasteiger partial charge is 0.326 e. The van der Waals surface area contributed by atoms with E-state index in [0.717, 1.165) is 37.3 Å². The van der Waals surface area contributed by atoms with Crippen molar-refractivity contribution >= 4 is 23.2 Å². The number of benzene rings is 1. The molecule has 2 rings (SSSR count). The first kappa shape index (κ1) is 15.5. The van der Waals surface area contributed by atoms with E-state index in [1.54, 1.807) is 12.1 Å². The fourth-order valence-electron chi connectivity index (χ4n) is 2.24. The normalized spacial score (nSPS) is 18.3. The first-order valence-electron chi connectivity index (χ1n) is 7.49. The summed E-state index contributed by atoms with van der Waals surface area (Å²) in [6, 6.07) is 7.22. The van der Waals surface area contributed by atoms with Gasteiger partial charge in [0.15, 0.2) is 0 Å². The summed E-state index contributed by atoms with van der Waals surface area (Å²) in [4.78, 5) is 23.7. The van der Waals surface area contributed by atoms with Crippen molar-refractivity contribution in [1.29, 1.82) is 0 Å². The summed E-state index contributed by atoms with van der Waals surface area (Å²) in [5.74, 6) is 0.0310. The van der Waals surface area contributed by atoms with E-state index in [2.05, 4.69) is 16.0 Å². The molecular formula is C16H23N3O2. The Labute approximate surface area is 125 Å².